The molecule has 2 heteroatoms. The second kappa shape index (κ2) is 4.57. The van der Waals surface area contributed by atoms with E-state index in [1.807, 2.05) is 37.4 Å². The summed E-state index contributed by atoms with van der Waals surface area (Å²) in [5, 5.41) is 0. The summed E-state index contributed by atoms with van der Waals surface area (Å²) in [6.45, 7) is 2.77. The summed E-state index contributed by atoms with van der Waals surface area (Å²) in [4.78, 5) is 8.82. The molecule has 1 aliphatic heterocycles. The second-order valence-corrected chi connectivity index (χ2v) is 4.42. The number of aryl methyl sites for hydroxylation is 1. The van der Waals surface area contributed by atoms with E-state index in [1.54, 1.807) is 0 Å². The van der Waals surface area contributed by atoms with Crippen molar-refractivity contribution in [1.82, 2.24) is 4.98 Å². The van der Waals surface area contributed by atoms with Gasteiger partial charge in [0.25, 0.3) is 0 Å². The molecule has 0 aliphatic carbocycles. The number of hydrogen-bond acceptors (Lipinski definition) is 2. The molecule has 1 aromatic carbocycles. The average Bonchev–Trinajstić information content (AvgIpc) is 2.89. The van der Waals surface area contributed by atoms with Crippen LogP contribution in [-0.4, -0.2) is 17.2 Å². The van der Waals surface area contributed by atoms with Crippen LogP contribution in [-0.2, 0) is 0 Å². The Labute approximate surface area is 107 Å². The molecule has 88 valence electrons. The Balaban J connectivity index is 1.91. The van der Waals surface area contributed by atoms with Crippen molar-refractivity contribution in [3.63, 3.8) is 0 Å². The molecule has 2 heterocycles. The minimum Gasteiger partial charge on any atom is -0.280 e. The van der Waals surface area contributed by atoms with E-state index in [2.05, 4.69) is 34.3 Å². The topological polar surface area (TPSA) is 25.2 Å². The van der Waals surface area contributed by atoms with Gasteiger partial charge in [-0.15, -0.1) is 0 Å². The Bertz CT molecular complexity index is 625. The molecular weight excluding hydrogens is 220 g/mol. The van der Waals surface area contributed by atoms with Gasteiger partial charge in [-0.25, -0.2) is 0 Å². The van der Waals surface area contributed by atoms with Crippen LogP contribution in [0.25, 0.3) is 5.57 Å². The van der Waals surface area contributed by atoms with E-state index in [-0.39, 0.29) is 0 Å². The molecule has 18 heavy (non-hydrogen) atoms. The maximum atomic E-state index is 4.60. The Kier molecular flexibility index (Phi) is 2.77. The van der Waals surface area contributed by atoms with Crippen LogP contribution >= 0.6 is 0 Å². The molecule has 1 aromatic heterocycles. The standard InChI is InChI=1S/C16H14N2/c1-12-9-14(7-8-17-12)15-10-16(18-11-15)13-5-3-2-4-6-13/h2-10H,11H2,1H3. The van der Waals surface area contributed by atoms with Gasteiger partial charge in [-0.3, -0.25) is 9.98 Å². The molecule has 0 unspecified atom stereocenters. The van der Waals surface area contributed by atoms with Crippen LogP contribution in [0.15, 0.2) is 59.7 Å². The number of benzene rings is 1. The van der Waals surface area contributed by atoms with E-state index in [0.29, 0.717) is 0 Å². The van der Waals surface area contributed by atoms with Crippen molar-refractivity contribution < 1.29 is 0 Å². The molecule has 0 N–H and O–H groups in total. The first-order valence-electron chi connectivity index (χ1n) is 6.06. The van der Waals surface area contributed by atoms with Crippen LogP contribution in [0, 0.1) is 6.92 Å². The zero-order chi connectivity index (χ0) is 12.4. The minimum atomic E-state index is 0.758. The molecule has 3 rings (SSSR count). The molecule has 2 nitrogen and oxygen atoms in total. The highest BCUT2D eigenvalue weighted by molar-refractivity contribution is 6.14. The van der Waals surface area contributed by atoms with E-state index >= 15 is 0 Å². The molecule has 0 atom stereocenters. The van der Waals surface area contributed by atoms with E-state index in [4.69, 9.17) is 0 Å². The molecular formula is C16H14N2. The van der Waals surface area contributed by atoms with Crippen LogP contribution in [0.4, 0.5) is 0 Å². The van der Waals surface area contributed by atoms with Crippen molar-refractivity contribution >= 4 is 11.3 Å². The SMILES string of the molecule is Cc1cc(C2=CC(c3ccccc3)=NC2)ccn1. The molecule has 2 aromatic rings. The van der Waals surface area contributed by atoms with Crippen molar-refractivity contribution in [3.8, 4) is 0 Å². The van der Waals surface area contributed by atoms with Crippen LogP contribution in [0.3, 0.4) is 0 Å². The van der Waals surface area contributed by atoms with Gasteiger partial charge in [-0.05, 0) is 41.8 Å². The lowest BCUT2D eigenvalue weighted by molar-refractivity contribution is 1.18. The lowest BCUT2D eigenvalue weighted by Gasteiger charge is -2.01. The lowest BCUT2D eigenvalue weighted by Crippen LogP contribution is -1.92. The van der Waals surface area contributed by atoms with Gasteiger partial charge in [-0.2, -0.15) is 0 Å². The number of aromatic nitrogens is 1. The van der Waals surface area contributed by atoms with Crippen molar-refractivity contribution in [1.29, 1.82) is 0 Å². The molecule has 0 fully saturated rings. The minimum absolute atomic E-state index is 0.758. The monoisotopic (exact) mass is 234 g/mol. The number of rotatable bonds is 2. The number of aliphatic imine (C=N–C) groups is 1. The van der Waals surface area contributed by atoms with Crippen molar-refractivity contribution in [2.45, 2.75) is 6.92 Å². The third-order valence-electron chi connectivity index (χ3n) is 3.07. The highest BCUT2D eigenvalue weighted by Gasteiger charge is 2.11. The fourth-order valence-corrected chi connectivity index (χ4v) is 2.13. The van der Waals surface area contributed by atoms with Crippen molar-refractivity contribution in [2.75, 3.05) is 6.54 Å². The third-order valence-corrected chi connectivity index (χ3v) is 3.07. The van der Waals surface area contributed by atoms with Crippen LogP contribution in [0.5, 0.6) is 0 Å². The van der Waals surface area contributed by atoms with E-state index in [9.17, 15) is 0 Å². The maximum absolute atomic E-state index is 4.60. The van der Waals surface area contributed by atoms with Gasteiger partial charge in [0.05, 0.1) is 12.3 Å². The maximum Gasteiger partial charge on any atom is 0.0654 e. The number of allylic oxidation sites excluding steroid dienone is 1. The van der Waals surface area contributed by atoms with Crippen molar-refractivity contribution in [3.05, 3.63) is 71.6 Å². The molecule has 0 spiro atoms. The second-order valence-electron chi connectivity index (χ2n) is 4.42. The summed E-state index contributed by atoms with van der Waals surface area (Å²) in [5.74, 6) is 0. The quantitative estimate of drug-likeness (QED) is 0.782. The van der Waals surface area contributed by atoms with Crippen LogP contribution < -0.4 is 0 Å². The summed E-state index contributed by atoms with van der Waals surface area (Å²) in [5.41, 5.74) is 5.77. The Morgan fingerprint density at radius 2 is 1.83 bits per heavy atom. The number of pyridine rings is 1. The Hall–Kier alpha value is -2.22. The zero-order valence-corrected chi connectivity index (χ0v) is 10.3. The molecule has 0 saturated carbocycles. The third kappa shape index (κ3) is 2.09. The first-order chi connectivity index (χ1) is 8.83. The van der Waals surface area contributed by atoms with Gasteiger partial charge in [0.15, 0.2) is 0 Å². The average molecular weight is 234 g/mol. The first-order valence-corrected chi connectivity index (χ1v) is 6.06. The predicted octanol–water partition coefficient (Wildman–Crippen LogP) is 3.28. The first kappa shape index (κ1) is 10.9. The predicted molar refractivity (Wildman–Crippen MR) is 74.8 cm³/mol. The van der Waals surface area contributed by atoms with Gasteiger partial charge in [0, 0.05) is 11.9 Å². The molecule has 0 bridgehead atoms. The highest BCUT2D eigenvalue weighted by Crippen LogP contribution is 2.21. The highest BCUT2D eigenvalue weighted by atomic mass is 14.8. The van der Waals surface area contributed by atoms with Gasteiger partial charge < -0.3 is 0 Å². The smallest absolute Gasteiger partial charge is 0.0654 e. The summed E-state index contributed by atoms with van der Waals surface area (Å²) in [6.07, 6.45) is 4.02. The van der Waals surface area contributed by atoms with Crippen LogP contribution in [0.2, 0.25) is 0 Å². The molecule has 1 aliphatic rings. The van der Waals surface area contributed by atoms with E-state index in [0.717, 1.165) is 18.0 Å². The zero-order valence-electron chi connectivity index (χ0n) is 10.3. The summed E-state index contributed by atoms with van der Waals surface area (Å²) in [6, 6.07) is 14.4. The number of hydrogen-bond donors (Lipinski definition) is 0. The van der Waals surface area contributed by atoms with Gasteiger partial charge in [0.1, 0.15) is 0 Å². The van der Waals surface area contributed by atoms with E-state index in [1.165, 1.54) is 16.7 Å². The van der Waals surface area contributed by atoms with Gasteiger partial charge >= 0.3 is 0 Å². The summed E-state index contributed by atoms with van der Waals surface area (Å²) in [7, 11) is 0. The van der Waals surface area contributed by atoms with Crippen LogP contribution in [0.1, 0.15) is 16.8 Å². The fraction of sp³-hybridized carbons (Fsp3) is 0.125. The summed E-state index contributed by atoms with van der Waals surface area (Å²) >= 11 is 0. The van der Waals surface area contributed by atoms with Gasteiger partial charge in [0.2, 0.25) is 0 Å². The molecule has 0 radical (unpaired) electrons. The largest absolute Gasteiger partial charge is 0.280 e. The Morgan fingerprint density at radius 1 is 1.00 bits per heavy atom. The molecule has 0 saturated heterocycles. The normalized spacial score (nSPS) is 14.3. The summed E-state index contributed by atoms with van der Waals surface area (Å²) < 4.78 is 0. The number of nitrogens with zero attached hydrogens (tertiary/aromatic N) is 2. The fourth-order valence-electron chi connectivity index (χ4n) is 2.13. The van der Waals surface area contributed by atoms with E-state index < -0.39 is 0 Å². The Morgan fingerprint density at radius 3 is 2.61 bits per heavy atom. The van der Waals surface area contributed by atoms with Crippen molar-refractivity contribution in [2.24, 2.45) is 4.99 Å². The molecule has 0 amide bonds. The lowest BCUT2D eigenvalue weighted by atomic mass is 10.0. The van der Waals surface area contributed by atoms with Gasteiger partial charge in [-0.1, -0.05) is 30.3 Å².